The number of hydrogen-bond acceptors (Lipinski definition) is 6. The molecule has 0 saturated carbocycles. The maximum absolute atomic E-state index is 13.4. The van der Waals surface area contributed by atoms with E-state index < -0.39 is 34.4 Å². The molecule has 1 amide bonds. The van der Waals surface area contributed by atoms with Crippen LogP contribution in [0, 0.1) is 15.9 Å². The van der Waals surface area contributed by atoms with Gasteiger partial charge in [0.2, 0.25) is 11.7 Å². The number of aromatic nitrogens is 4. The summed E-state index contributed by atoms with van der Waals surface area (Å²) in [4.78, 5) is 39.2. The van der Waals surface area contributed by atoms with E-state index in [0.717, 1.165) is 16.7 Å². The first-order valence-electron chi connectivity index (χ1n) is 8.76. The maximum atomic E-state index is 13.4. The fourth-order valence-electron chi connectivity index (χ4n) is 2.94. The Morgan fingerprint density at radius 3 is 2.81 bits per heavy atom. The average molecular weight is 443 g/mol. The first kappa shape index (κ1) is 20.2. The second kappa shape index (κ2) is 7.95. The van der Waals surface area contributed by atoms with Gasteiger partial charge in [0.1, 0.15) is 18.3 Å². The van der Waals surface area contributed by atoms with Gasteiger partial charge in [0.05, 0.1) is 16.8 Å². The fraction of sp³-hybridized carbons (Fsp3) is 0.0526. The van der Waals surface area contributed by atoms with Crippen LogP contribution in [0.1, 0.15) is 0 Å². The molecular formula is C19H12ClFN6O4. The van der Waals surface area contributed by atoms with Crippen LogP contribution in [0.2, 0.25) is 5.02 Å². The van der Waals surface area contributed by atoms with Crippen molar-refractivity contribution in [1.29, 1.82) is 0 Å². The summed E-state index contributed by atoms with van der Waals surface area (Å²) in [6.45, 7) is -0.407. The van der Waals surface area contributed by atoms with Gasteiger partial charge in [0, 0.05) is 16.8 Å². The van der Waals surface area contributed by atoms with E-state index in [1.807, 2.05) is 0 Å². The number of anilines is 1. The highest BCUT2D eigenvalue weighted by Crippen LogP contribution is 2.21. The molecule has 2 aromatic heterocycles. The molecule has 31 heavy (non-hydrogen) atoms. The molecule has 4 aromatic rings. The summed E-state index contributed by atoms with van der Waals surface area (Å²) < 4.78 is 15.9. The summed E-state index contributed by atoms with van der Waals surface area (Å²) >= 11 is 6.00. The van der Waals surface area contributed by atoms with Gasteiger partial charge < -0.3 is 5.32 Å². The second-order valence-electron chi connectivity index (χ2n) is 6.42. The number of nitrogens with one attached hydrogen (secondary N) is 1. The maximum Gasteiger partial charge on any atom is 0.306 e. The van der Waals surface area contributed by atoms with Gasteiger partial charge in [-0.25, -0.2) is 9.67 Å². The molecule has 0 unspecified atom stereocenters. The van der Waals surface area contributed by atoms with Gasteiger partial charge in [-0.2, -0.15) is 9.49 Å². The zero-order valence-corrected chi connectivity index (χ0v) is 16.3. The lowest BCUT2D eigenvalue weighted by Crippen LogP contribution is -2.27. The molecule has 10 nitrogen and oxygen atoms in total. The van der Waals surface area contributed by atoms with E-state index >= 15 is 0 Å². The lowest BCUT2D eigenvalue weighted by molar-refractivity contribution is -0.387. The third-order valence-corrected chi connectivity index (χ3v) is 4.58. The van der Waals surface area contributed by atoms with E-state index in [4.69, 9.17) is 11.6 Å². The zero-order valence-electron chi connectivity index (χ0n) is 15.5. The number of halogens is 2. The van der Waals surface area contributed by atoms with Crippen molar-refractivity contribution in [2.24, 2.45) is 0 Å². The van der Waals surface area contributed by atoms with Crippen molar-refractivity contribution < 1.29 is 14.1 Å². The topological polar surface area (TPSA) is 125 Å². The third-order valence-electron chi connectivity index (χ3n) is 4.35. The van der Waals surface area contributed by atoms with Crippen LogP contribution in [0.5, 0.6) is 0 Å². The molecule has 2 aromatic carbocycles. The Bertz CT molecular complexity index is 1400. The van der Waals surface area contributed by atoms with Crippen molar-refractivity contribution in [1.82, 2.24) is 19.3 Å². The van der Waals surface area contributed by atoms with Crippen LogP contribution in [-0.4, -0.2) is 30.2 Å². The molecule has 0 fully saturated rings. The lowest BCUT2D eigenvalue weighted by Gasteiger charge is -2.08. The Kier molecular flexibility index (Phi) is 5.17. The summed E-state index contributed by atoms with van der Waals surface area (Å²) in [5.41, 5.74) is -0.347. The molecule has 0 atom stereocenters. The Morgan fingerprint density at radius 2 is 2.06 bits per heavy atom. The minimum absolute atomic E-state index is 0.0222. The highest BCUT2D eigenvalue weighted by atomic mass is 35.5. The molecule has 2 heterocycles. The molecule has 1 N–H and O–H groups in total. The Balaban J connectivity index is 1.59. The third kappa shape index (κ3) is 3.98. The van der Waals surface area contributed by atoms with Gasteiger partial charge in [-0.3, -0.25) is 24.3 Å². The van der Waals surface area contributed by atoms with Crippen LogP contribution in [0.3, 0.4) is 0 Å². The monoisotopic (exact) mass is 442 g/mol. The quantitative estimate of drug-likeness (QED) is 0.374. The molecule has 0 aliphatic carbocycles. The number of fused-ring (bicyclic) bond motifs is 1. The summed E-state index contributed by atoms with van der Waals surface area (Å²) in [6.07, 6.45) is 2.53. The molecule has 4 rings (SSSR count). The minimum Gasteiger partial charge on any atom is -0.324 e. The molecule has 0 radical (unpaired) electrons. The van der Waals surface area contributed by atoms with Crippen molar-refractivity contribution in [3.8, 4) is 5.69 Å². The van der Waals surface area contributed by atoms with Crippen LogP contribution in [-0.2, 0) is 11.3 Å². The second-order valence-corrected chi connectivity index (χ2v) is 6.86. The summed E-state index contributed by atoms with van der Waals surface area (Å²) in [7, 11) is 0. The fourth-order valence-corrected chi connectivity index (χ4v) is 3.13. The number of nitro groups is 1. The molecule has 156 valence electrons. The number of hydrogen-bond donors (Lipinski definition) is 1. The van der Waals surface area contributed by atoms with Crippen LogP contribution < -0.4 is 10.9 Å². The predicted octanol–water partition coefficient (Wildman–Crippen LogP) is 2.92. The minimum atomic E-state index is -1.02. The van der Waals surface area contributed by atoms with Crippen molar-refractivity contribution in [3.05, 3.63) is 86.3 Å². The highest BCUT2D eigenvalue weighted by Gasteiger charge is 2.17. The molecule has 0 aliphatic heterocycles. The average Bonchev–Trinajstić information content (AvgIpc) is 3.16. The summed E-state index contributed by atoms with van der Waals surface area (Å²) in [6, 6.07) is 9.79. The predicted molar refractivity (Wildman–Crippen MR) is 110 cm³/mol. The number of benzene rings is 2. The van der Waals surface area contributed by atoms with E-state index in [2.05, 4.69) is 15.4 Å². The first-order valence-corrected chi connectivity index (χ1v) is 9.14. The molecule has 0 bridgehead atoms. The van der Waals surface area contributed by atoms with E-state index in [1.165, 1.54) is 23.3 Å². The molecular weight excluding hydrogens is 431 g/mol. The van der Waals surface area contributed by atoms with E-state index in [-0.39, 0.29) is 16.7 Å². The van der Waals surface area contributed by atoms with Gasteiger partial charge in [-0.05, 0) is 30.3 Å². The number of carbonyl (C=O) groups is 1. The SMILES string of the molecule is O=C(Cn1cnc2c(cnn2-c2cccc(Cl)c2)c1=O)Nc1ccc(F)c([N+](=O)[O-])c1. The number of amides is 1. The van der Waals surface area contributed by atoms with E-state index in [0.29, 0.717) is 10.7 Å². The van der Waals surface area contributed by atoms with Crippen LogP contribution >= 0.6 is 11.6 Å². The number of nitrogens with zero attached hydrogens (tertiary/aromatic N) is 5. The number of carbonyl (C=O) groups excluding carboxylic acids is 1. The smallest absolute Gasteiger partial charge is 0.306 e. The number of nitro benzene ring substituents is 1. The molecule has 0 spiro atoms. The van der Waals surface area contributed by atoms with Crippen molar-refractivity contribution >= 4 is 39.9 Å². The first-order chi connectivity index (χ1) is 14.8. The Labute approximate surface area is 177 Å². The standard InChI is InChI=1S/C19H12ClFN6O4/c20-11-2-1-3-13(6-11)26-18-14(8-23-26)19(29)25(10-22-18)9-17(28)24-12-4-5-15(21)16(7-12)27(30)31/h1-8,10H,9H2,(H,24,28). The van der Waals surface area contributed by atoms with Gasteiger partial charge in [-0.15, -0.1) is 0 Å². The Hall–Kier alpha value is -4.12. The summed E-state index contributed by atoms with van der Waals surface area (Å²) in [5, 5.41) is 18.1. The number of rotatable bonds is 5. The van der Waals surface area contributed by atoms with E-state index in [9.17, 15) is 24.1 Å². The van der Waals surface area contributed by atoms with E-state index in [1.54, 1.807) is 24.3 Å². The summed E-state index contributed by atoms with van der Waals surface area (Å²) in [5.74, 6) is -1.67. The lowest BCUT2D eigenvalue weighted by atomic mass is 10.2. The van der Waals surface area contributed by atoms with Gasteiger partial charge in [0.25, 0.3) is 5.56 Å². The van der Waals surface area contributed by atoms with Crippen molar-refractivity contribution in [2.45, 2.75) is 6.54 Å². The molecule has 0 aliphatic rings. The van der Waals surface area contributed by atoms with Gasteiger partial charge in [0.15, 0.2) is 5.65 Å². The van der Waals surface area contributed by atoms with Gasteiger partial charge in [-0.1, -0.05) is 17.7 Å². The largest absolute Gasteiger partial charge is 0.324 e. The zero-order chi connectivity index (χ0) is 22.1. The highest BCUT2D eigenvalue weighted by molar-refractivity contribution is 6.30. The molecule has 0 saturated heterocycles. The molecule has 12 heteroatoms. The van der Waals surface area contributed by atoms with Crippen LogP contribution in [0.15, 0.2) is 59.8 Å². The Morgan fingerprint density at radius 1 is 1.26 bits per heavy atom. The van der Waals surface area contributed by atoms with Crippen LogP contribution in [0.25, 0.3) is 16.7 Å². The van der Waals surface area contributed by atoms with Crippen molar-refractivity contribution in [3.63, 3.8) is 0 Å². The van der Waals surface area contributed by atoms with Crippen LogP contribution in [0.4, 0.5) is 15.8 Å². The van der Waals surface area contributed by atoms with Gasteiger partial charge >= 0.3 is 5.69 Å². The normalized spacial score (nSPS) is 10.9. The van der Waals surface area contributed by atoms with Crippen molar-refractivity contribution in [2.75, 3.05) is 5.32 Å².